The number of hydrogen-bond acceptors (Lipinski definition) is 9. The number of nitrogens with zero attached hydrogens (tertiary/aromatic N) is 1. The highest BCUT2D eigenvalue weighted by Crippen LogP contribution is 2.50. The molecule has 4 atom stereocenters. The van der Waals surface area contributed by atoms with Crippen LogP contribution < -0.4 is 16.0 Å². The predicted octanol–water partition coefficient (Wildman–Crippen LogP) is 3.39. The number of carbonyl (C=O) groups excluding carboxylic acids is 4. The second-order valence-electron chi connectivity index (χ2n) is 11.3. The first-order valence-corrected chi connectivity index (χ1v) is 15.7. The van der Waals surface area contributed by atoms with Crippen LogP contribution in [-0.2, 0) is 32.0 Å². The molecule has 4 amide bonds. The molecular formula is C29H34N4O8S2. The molecule has 0 radical (unpaired) electrons. The number of aliphatic carboxylic acids is 1. The Kier molecular flexibility index (Phi) is 8.61. The van der Waals surface area contributed by atoms with Crippen molar-refractivity contribution in [2.24, 2.45) is 0 Å². The zero-order valence-electron chi connectivity index (χ0n) is 24.0. The van der Waals surface area contributed by atoms with Crippen LogP contribution >= 0.6 is 23.1 Å². The third-order valence-corrected chi connectivity index (χ3v) is 10.8. The van der Waals surface area contributed by atoms with Crippen molar-refractivity contribution in [2.75, 3.05) is 12.4 Å². The average molecular weight is 631 g/mol. The van der Waals surface area contributed by atoms with Crippen molar-refractivity contribution < 1.29 is 38.9 Å². The van der Waals surface area contributed by atoms with Crippen molar-refractivity contribution in [2.45, 2.75) is 80.6 Å². The molecule has 5 rings (SSSR count). The molecule has 43 heavy (non-hydrogen) atoms. The Morgan fingerprint density at radius 2 is 1.74 bits per heavy atom. The number of rotatable bonds is 7. The first-order valence-electron chi connectivity index (χ1n) is 14.1. The summed E-state index contributed by atoms with van der Waals surface area (Å²) in [5, 5.41) is 27.3. The summed E-state index contributed by atoms with van der Waals surface area (Å²) in [6, 6.07) is 1.64. The van der Waals surface area contributed by atoms with Crippen LogP contribution in [0.15, 0.2) is 24.3 Å². The van der Waals surface area contributed by atoms with Gasteiger partial charge < -0.3 is 30.5 Å². The van der Waals surface area contributed by atoms with Gasteiger partial charge in [-0.2, -0.15) is 0 Å². The second kappa shape index (κ2) is 12.1. The fourth-order valence-corrected chi connectivity index (χ4v) is 8.84. The van der Waals surface area contributed by atoms with E-state index in [1.165, 1.54) is 59.4 Å². The summed E-state index contributed by atoms with van der Waals surface area (Å²) < 4.78 is 4.26. The summed E-state index contributed by atoms with van der Waals surface area (Å²) in [5.41, 5.74) is 1.53. The van der Waals surface area contributed by atoms with Gasteiger partial charge in [0.25, 0.3) is 0 Å². The number of hydrogen-bond donors (Lipinski definition) is 5. The molecule has 0 bridgehead atoms. The van der Waals surface area contributed by atoms with Gasteiger partial charge in [-0.05, 0) is 62.8 Å². The second-order valence-corrected chi connectivity index (χ2v) is 14.2. The number of phenols is 1. The maximum absolute atomic E-state index is 13.6. The van der Waals surface area contributed by atoms with Crippen LogP contribution in [0.3, 0.4) is 0 Å². The van der Waals surface area contributed by atoms with Gasteiger partial charge >= 0.3 is 18.0 Å². The number of nitrogens with one attached hydrogen (secondary N) is 3. The van der Waals surface area contributed by atoms with E-state index in [0.717, 1.165) is 42.5 Å². The maximum Gasteiger partial charge on any atom is 0.341 e. The van der Waals surface area contributed by atoms with E-state index in [2.05, 4.69) is 16.0 Å². The molecule has 1 aromatic carbocycles. The van der Waals surface area contributed by atoms with Crippen molar-refractivity contribution in [3.63, 3.8) is 0 Å². The van der Waals surface area contributed by atoms with Gasteiger partial charge in [0.1, 0.15) is 34.2 Å². The quantitative estimate of drug-likeness (QED) is 0.227. The minimum atomic E-state index is -1.28. The summed E-state index contributed by atoms with van der Waals surface area (Å²) in [6.45, 7) is 3.47. The van der Waals surface area contributed by atoms with Crippen molar-refractivity contribution >= 4 is 57.9 Å². The monoisotopic (exact) mass is 630 g/mol. The summed E-state index contributed by atoms with van der Waals surface area (Å²) in [6.07, 6.45) is 5.53. The molecule has 2 fully saturated rings. The molecule has 3 heterocycles. The number of aromatic hydroxyl groups is 1. The lowest BCUT2D eigenvalue weighted by atomic mass is 9.95. The summed E-state index contributed by atoms with van der Waals surface area (Å²) in [5.74, 6) is -2.92. The number of methoxy groups -OCH3 is 1. The SMILES string of the molecule is COC(=O)c1c(NC(=O)N[C@@H](C(=O)N[C@@H]2C(=O)N3[C@@H]2SC(C)(C)[C@@H]3C(=O)O)c2ccc(O)cc2)sc2c1CCCCCC2. The van der Waals surface area contributed by atoms with Crippen LogP contribution in [0.25, 0.3) is 0 Å². The van der Waals surface area contributed by atoms with Gasteiger partial charge in [-0.3, -0.25) is 14.9 Å². The highest BCUT2D eigenvalue weighted by molar-refractivity contribution is 8.01. The molecule has 0 saturated carbocycles. The van der Waals surface area contributed by atoms with E-state index in [1.54, 1.807) is 13.8 Å². The first-order chi connectivity index (χ1) is 20.4. The number of aryl methyl sites for hydroxylation is 1. The number of urea groups is 1. The zero-order chi connectivity index (χ0) is 31.1. The standard InChI is InChI=1S/C29H34N4O8S2/c1-29(2)21(26(37)38)33-24(36)20(25(33)43-29)30-22(35)19(14-10-12-15(34)13-11-14)31-28(40)32-23-18(27(39)41-3)16-8-6-4-5-7-9-17(16)42-23/h10-13,19-21,25,34H,4-9H2,1-3H3,(H,30,35)(H,37,38)(H2,31,32,40)/t19-,20-,21+,25-/m1/s1. The van der Waals surface area contributed by atoms with Crippen LogP contribution in [0.2, 0.25) is 0 Å². The van der Waals surface area contributed by atoms with Gasteiger partial charge in [0.05, 0.1) is 12.7 Å². The number of esters is 1. The highest BCUT2D eigenvalue weighted by Gasteiger charge is 2.64. The van der Waals surface area contributed by atoms with Gasteiger partial charge in [0.15, 0.2) is 0 Å². The number of fused-ring (bicyclic) bond motifs is 2. The molecule has 2 saturated heterocycles. The molecule has 14 heteroatoms. The number of phenolic OH excluding ortho intramolecular Hbond substituents is 1. The fraction of sp³-hybridized carbons (Fsp3) is 0.483. The molecular weight excluding hydrogens is 596 g/mol. The first kappa shape index (κ1) is 30.7. The van der Waals surface area contributed by atoms with Crippen molar-refractivity contribution in [1.29, 1.82) is 0 Å². The highest BCUT2D eigenvalue weighted by atomic mass is 32.2. The molecule has 1 aliphatic carbocycles. The van der Waals surface area contributed by atoms with Gasteiger partial charge in [-0.15, -0.1) is 23.1 Å². The number of carbonyl (C=O) groups is 5. The Balaban J connectivity index is 1.37. The van der Waals surface area contributed by atoms with Gasteiger partial charge in [0.2, 0.25) is 11.8 Å². The zero-order valence-corrected chi connectivity index (χ0v) is 25.6. The molecule has 3 aliphatic rings. The Hall–Kier alpha value is -3.78. The van der Waals surface area contributed by atoms with Crippen molar-refractivity contribution in [3.05, 3.63) is 45.8 Å². The molecule has 230 valence electrons. The van der Waals surface area contributed by atoms with Gasteiger partial charge in [-0.1, -0.05) is 25.0 Å². The number of β-lactam (4-membered cyclic amide) rings is 1. The summed E-state index contributed by atoms with van der Waals surface area (Å²) in [4.78, 5) is 66.9. The lowest BCUT2D eigenvalue weighted by Crippen LogP contribution is -2.71. The van der Waals surface area contributed by atoms with E-state index in [-0.39, 0.29) is 5.75 Å². The molecule has 12 nitrogen and oxygen atoms in total. The van der Waals surface area contributed by atoms with Crippen LogP contribution in [0, 0.1) is 0 Å². The molecule has 2 aromatic rings. The molecule has 2 aliphatic heterocycles. The van der Waals surface area contributed by atoms with E-state index in [1.807, 2.05) is 0 Å². The van der Waals surface area contributed by atoms with Crippen molar-refractivity contribution in [3.8, 4) is 5.75 Å². The van der Waals surface area contributed by atoms with E-state index < -0.39 is 58.0 Å². The van der Waals surface area contributed by atoms with Crippen LogP contribution in [0.5, 0.6) is 5.75 Å². The Labute approximate surface area is 256 Å². The number of thioether (sulfide) groups is 1. The van der Waals surface area contributed by atoms with Crippen LogP contribution in [-0.4, -0.2) is 74.2 Å². The average Bonchev–Trinajstić information content (AvgIpc) is 3.40. The third kappa shape index (κ3) is 5.90. The van der Waals surface area contributed by atoms with Gasteiger partial charge in [0, 0.05) is 9.62 Å². The van der Waals surface area contributed by atoms with Crippen LogP contribution in [0.1, 0.15) is 71.9 Å². The fourth-order valence-electron chi connectivity index (χ4n) is 5.94. The number of carboxylic acid groups (broad SMARTS) is 1. The van der Waals surface area contributed by atoms with Gasteiger partial charge in [-0.25, -0.2) is 14.4 Å². The summed E-state index contributed by atoms with van der Waals surface area (Å²) >= 11 is 2.61. The molecule has 1 aromatic heterocycles. The predicted molar refractivity (Wildman–Crippen MR) is 160 cm³/mol. The Morgan fingerprint density at radius 3 is 2.40 bits per heavy atom. The Bertz CT molecular complexity index is 1460. The van der Waals surface area contributed by atoms with E-state index in [0.29, 0.717) is 22.5 Å². The molecule has 0 unspecified atom stereocenters. The van der Waals surface area contributed by atoms with E-state index in [9.17, 15) is 34.2 Å². The largest absolute Gasteiger partial charge is 0.508 e. The van der Waals surface area contributed by atoms with E-state index >= 15 is 0 Å². The lowest BCUT2D eigenvalue weighted by Gasteiger charge is -2.44. The third-order valence-electron chi connectivity index (χ3n) is 8.02. The minimum Gasteiger partial charge on any atom is -0.508 e. The smallest absolute Gasteiger partial charge is 0.341 e. The molecule has 0 spiro atoms. The van der Waals surface area contributed by atoms with E-state index in [4.69, 9.17) is 4.74 Å². The number of amides is 4. The normalized spacial score (nSPS) is 23.0. The minimum absolute atomic E-state index is 0.0415. The summed E-state index contributed by atoms with van der Waals surface area (Å²) in [7, 11) is 1.29. The number of carboxylic acids is 1. The number of anilines is 1. The topological polar surface area (TPSA) is 174 Å². The van der Waals surface area contributed by atoms with Crippen molar-refractivity contribution in [1.82, 2.24) is 15.5 Å². The number of benzene rings is 1. The lowest BCUT2D eigenvalue weighted by molar-refractivity contribution is -0.161. The number of ether oxygens (including phenoxy) is 1. The van der Waals surface area contributed by atoms with Crippen LogP contribution in [0.4, 0.5) is 9.80 Å². The number of thiophene rings is 1. The Morgan fingerprint density at radius 1 is 1.07 bits per heavy atom. The maximum atomic E-state index is 13.6. The molecule has 5 N–H and O–H groups in total.